The summed E-state index contributed by atoms with van der Waals surface area (Å²) >= 11 is 0. The number of nitrogens with one attached hydrogen (secondary N) is 2. The Hall–Kier alpha value is -2.01. The van der Waals surface area contributed by atoms with Crippen molar-refractivity contribution in [3.05, 3.63) is 35.5 Å². The normalized spacial score (nSPS) is 18.1. The average Bonchev–Trinajstić information content (AvgIpc) is 3.14. The summed E-state index contributed by atoms with van der Waals surface area (Å²) in [6, 6.07) is 6.35. The predicted octanol–water partition coefficient (Wildman–Crippen LogP) is 2.04. The van der Waals surface area contributed by atoms with Crippen LogP contribution in [0.3, 0.4) is 0 Å². The zero-order valence-corrected chi connectivity index (χ0v) is 12.9. The van der Waals surface area contributed by atoms with E-state index in [9.17, 15) is 4.79 Å². The second-order valence-electron chi connectivity index (χ2n) is 6.13. The van der Waals surface area contributed by atoms with Crippen LogP contribution in [-0.2, 0) is 6.42 Å². The number of benzene rings is 1. The minimum Gasteiger partial charge on any atom is -0.396 e. The van der Waals surface area contributed by atoms with Gasteiger partial charge in [-0.15, -0.1) is 0 Å². The number of likely N-dealkylation sites (tertiary alicyclic amines) is 1. The minimum atomic E-state index is -0.0216. The van der Waals surface area contributed by atoms with Crippen molar-refractivity contribution < 1.29 is 9.90 Å². The average molecular weight is 301 g/mol. The number of aromatic nitrogens is 1. The van der Waals surface area contributed by atoms with Crippen LogP contribution in [-0.4, -0.2) is 47.3 Å². The molecule has 0 spiro atoms. The molecule has 2 amide bonds. The number of carbonyl (C=O) groups excluding carboxylic acids is 1. The molecule has 22 heavy (non-hydrogen) atoms. The maximum absolute atomic E-state index is 12.1. The summed E-state index contributed by atoms with van der Waals surface area (Å²) < 4.78 is 0. The lowest BCUT2D eigenvalue weighted by Gasteiger charge is -2.16. The standard InChI is InChI=1S/C17H23N3O2/c1-12-2-3-15-14(9-19-16(15)8-12)4-6-18-17(22)20-7-5-13(10-20)11-21/h2-3,8-9,13,19,21H,4-7,10-11H2,1H3,(H,18,22). The van der Waals surface area contributed by atoms with E-state index in [0.29, 0.717) is 13.1 Å². The number of urea groups is 1. The molecule has 1 aromatic heterocycles. The molecule has 5 heteroatoms. The molecule has 0 aliphatic carbocycles. The largest absolute Gasteiger partial charge is 0.396 e. The molecule has 1 aliphatic rings. The molecule has 1 fully saturated rings. The van der Waals surface area contributed by atoms with E-state index >= 15 is 0 Å². The van der Waals surface area contributed by atoms with Crippen molar-refractivity contribution in [2.45, 2.75) is 19.8 Å². The molecule has 1 atom stereocenters. The number of hydrogen-bond acceptors (Lipinski definition) is 2. The highest BCUT2D eigenvalue weighted by atomic mass is 16.3. The van der Waals surface area contributed by atoms with Gasteiger partial charge >= 0.3 is 6.03 Å². The molecule has 2 aromatic rings. The number of fused-ring (bicyclic) bond motifs is 1. The van der Waals surface area contributed by atoms with Gasteiger partial charge in [-0.25, -0.2) is 4.79 Å². The minimum absolute atomic E-state index is 0.0216. The molecule has 1 unspecified atom stereocenters. The molecular formula is C17H23N3O2. The van der Waals surface area contributed by atoms with E-state index in [4.69, 9.17) is 5.11 Å². The Morgan fingerprint density at radius 1 is 1.50 bits per heavy atom. The molecule has 1 saturated heterocycles. The summed E-state index contributed by atoms with van der Waals surface area (Å²) in [5.41, 5.74) is 3.61. The van der Waals surface area contributed by atoms with Gasteiger partial charge in [-0.05, 0) is 37.0 Å². The third-order valence-electron chi connectivity index (χ3n) is 4.42. The molecule has 0 saturated carbocycles. The van der Waals surface area contributed by atoms with Crippen LogP contribution in [0.1, 0.15) is 17.5 Å². The summed E-state index contributed by atoms with van der Waals surface area (Å²) in [6.07, 6.45) is 3.73. The van der Waals surface area contributed by atoms with E-state index in [1.807, 2.05) is 6.20 Å². The molecule has 118 valence electrons. The maximum Gasteiger partial charge on any atom is 0.317 e. The van der Waals surface area contributed by atoms with Gasteiger partial charge in [0.2, 0.25) is 0 Å². The van der Waals surface area contributed by atoms with Crippen LogP contribution < -0.4 is 5.32 Å². The third kappa shape index (κ3) is 3.09. The van der Waals surface area contributed by atoms with Gasteiger partial charge in [0.15, 0.2) is 0 Å². The Labute approximate surface area is 130 Å². The molecule has 0 radical (unpaired) electrons. The molecule has 3 rings (SSSR count). The topological polar surface area (TPSA) is 68.4 Å². The van der Waals surface area contributed by atoms with E-state index in [0.717, 1.165) is 24.9 Å². The predicted molar refractivity (Wildman–Crippen MR) is 86.9 cm³/mol. The molecular weight excluding hydrogens is 278 g/mol. The third-order valence-corrected chi connectivity index (χ3v) is 4.42. The lowest BCUT2D eigenvalue weighted by molar-refractivity contribution is 0.198. The number of aliphatic hydroxyl groups is 1. The Morgan fingerprint density at radius 2 is 2.36 bits per heavy atom. The number of amides is 2. The van der Waals surface area contributed by atoms with E-state index in [-0.39, 0.29) is 18.6 Å². The zero-order valence-electron chi connectivity index (χ0n) is 12.9. The van der Waals surface area contributed by atoms with Crippen LogP contribution >= 0.6 is 0 Å². The Balaban J connectivity index is 1.53. The summed E-state index contributed by atoms with van der Waals surface area (Å²) in [5, 5.41) is 13.3. The van der Waals surface area contributed by atoms with Crippen molar-refractivity contribution in [1.29, 1.82) is 0 Å². The highest BCUT2D eigenvalue weighted by Gasteiger charge is 2.25. The van der Waals surface area contributed by atoms with Gasteiger partial charge in [-0.2, -0.15) is 0 Å². The van der Waals surface area contributed by atoms with E-state index in [1.165, 1.54) is 16.5 Å². The van der Waals surface area contributed by atoms with Crippen LogP contribution in [0.15, 0.2) is 24.4 Å². The first-order valence-electron chi connectivity index (χ1n) is 7.87. The summed E-state index contributed by atoms with van der Waals surface area (Å²) in [7, 11) is 0. The lowest BCUT2D eigenvalue weighted by Crippen LogP contribution is -2.39. The van der Waals surface area contributed by atoms with Gasteiger partial charge in [-0.1, -0.05) is 12.1 Å². The summed E-state index contributed by atoms with van der Waals surface area (Å²) in [6.45, 7) is 4.27. The number of rotatable bonds is 4. The number of H-pyrrole nitrogens is 1. The first kappa shape index (κ1) is 14.9. The van der Waals surface area contributed by atoms with Crippen molar-refractivity contribution in [2.24, 2.45) is 5.92 Å². The lowest BCUT2D eigenvalue weighted by atomic mass is 10.1. The van der Waals surface area contributed by atoms with Gasteiger partial charge < -0.3 is 20.3 Å². The number of aryl methyl sites for hydroxylation is 1. The van der Waals surface area contributed by atoms with Gasteiger partial charge in [0.05, 0.1) is 0 Å². The molecule has 1 aromatic carbocycles. The van der Waals surface area contributed by atoms with Gasteiger partial charge in [0.25, 0.3) is 0 Å². The van der Waals surface area contributed by atoms with Gasteiger partial charge in [0, 0.05) is 49.3 Å². The fourth-order valence-electron chi connectivity index (χ4n) is 3.09. The Morgan fingerprint density at radius 3 is 3.14 bits per heavy atom. The van der Waals surface area contributed by atoms with Crippen molar-refractivity contribution in [2.75, 3.05) is 26.2 Å². The molecule has 5 nitrogen and oxygen atoms in total. The number of carbonyl (C=O) groups is 1. The SMILES string of the molecule is Cc1ccc2c(CCNC(=O)N3CCC(CO)C3)c[nH]c2c1. The second kappa shape index (κ2) is 6.40. The first-order chi connectivity index (χ1) is 10.7. The number of aliphatic hydroxyl groups excluding tert-OH is 1. The van der Waals surface area contributed by atoms with E-state index in [2.05, 4.69) is 35.4 Å². The Kier molecular flexibility index (Phi) is 4.34. The fraction of sp³-hybridized carbons (Fsp3) is 0.471. The van der Waals surface area contributed by atoms with Crippen molar-refractivity contribution in [3.63, 3.8) is 0 Å². The molecule has 3 N–H and O–H groups in total. The first-order valence-corrected chi connectivity index (χ1v) is 7.87. The molecule has 0 bridgehead atoms. The van der Waals surface area contributed by atoms with Crippen molar-refractivity contribution >= 4 is 16.9 Å². The zero-order chi connectivity index (χ0) is 15.5. The monoisotopic (exact) mass is 301 g/mol. The number of hydrogen-bond donors (Lipinski definition) is 3. The van der Waals surface area contributed by atoms with Crippen LogP contribution in [0.5, 0.6) is 0 Å². The summed E-state index contributed by atoms with van der Waals surface area (Å²) in [5.74, 6) is 0.239. The van der Waals surface area contributed by atoms with Crippen LogP contribution in [0.2, 0.25) is 0 Å². The summed E-state index contributed by atoms with van der Waals surface area (Å²) in [4.78, 5) is 17.1. The van der Waals surface area contributed by atoms with Crippen molar-refractivity contribution in [1.82, 2.24) is 15.2 Å². The quantitative estimate of drug-likeness (QED) is 0.809. The highest BCUT2D eigenvalue weighted by Crippen LogP contribution is 2.20. The Bertz CT molecular complexity index is 665. The maximum atomic E-state index is 12.1. The van der Waals surface area contributed by atoms with Crippen LogP contribution in [0, 0.1) is 12.8 Å². The molecule has 2 heterocycles. The van der Waals surface area contributed by atoms with Gasteiger partial charge in [-0.3, -0.25) is 0 Å². The van der Waals surface area contributed by atoms with Crippen LogP contribution in [0.25, 0.3) is 10.9 Å². The smallest absolute Gasteiger partial charge is 0.317 e. The van der Waals surface area contributed by atoms with Crippen LogP contribution in [0.4, 0.5) is 4.79 Å². The van der Waals surface area contributed by atoms with Crippen molar-refractivity contribution in [3.8, 4) is 0 Å². The van der Waals surface area contributed by atoms with E-state index in [1.54, 1.807) is 4.90 Å². The van der Waals surface area contributed by atoms with Gasteiger partial charge in [0.1, 0.15) is 0 Å². The number of nitrogens with zero attached hydrogens (tertiary/aromatic N) is 1. The molecule has 1 aliphatic heterocycles. The highest BCUT2D eigenvalue weighted by molar-refractivity contribution is 5.83. The van der Waals surface area contributed by atoms with E-state index < -0.39 is 0 Å². The fourth-order valence-corrected chi connectivity index (χ4v) is 3.09. The second-order valence-corrected chi connectivity index (χ2v) is 6.13. The number of aromatic amines is 1.